The van der Waals surface area contributed by atoms with Crippen LogP contribution in [0.5, 0.6) is 0 Å². The molecule has 0 bridgehead atoms. The molecule has 0 aliphatic heterocycles. The molecule has 0 saturated carbocycles. The third-order valence-corrected chi connectivity index (χ3v) is 5.10. The van der Waals surface area contributed by atoms with Crippen LogP contribution >= 0.6 is 15.9 Å². The summed E-state index contributed by atoms with van der Waals surface area (Å²) < 4.78 is 1.08. The lowest BCUT2D eigenvalue weighted by Gasteiger charge is -2.09. The molecule has 1 aromatic heterocycles. The number of halogens is 1. The quantitative estimate of drug-likeness (QED) is 0.567. The lowest BCUT2D eigenvalue weighted by molar-refractivity contribution is 0.241. The van der Waals surface area contributed by atoms with Gasteiger partial charge >= 0.3 is 6.03 Å². The number of amides is 2. The first-order chi connectivity index (χ1) is 12.1. The van der Waals surface area contributed by atoms with E-state index in [0.29, 0.717) is 13.1 Å². The maximum absolute atomic E-state index is 12.0. The van der Waals surface area contributed by atoms with E-state index in [-0.39, 0.29) is 6.03 Å². The van der Waals surface area contributed by atoms with Crippen LogP contribution in [0.3, 0.4) is 0 Å². The minimum absolute atomic E-state index is 0.121. The first-order valence-corrected chi connectivity index (χ1v) is 9.26. The van der Waals surface area contributed by atoms with Crippen molar-refractivity contribution in [2.45, 2.75) is 19.8 Å². The monoisotopic (exact) mass is 399 g/mol. The van der Waals surface area contributed by atoms with E-state index in [2.05, 4.69) is 56.7 Å². The predicted molar refractivity (Wildman–Crippen MR) is 106 cm³/mol. The van der Waals surface area contributed by atoms with Gasteiger partial charge < -0.3 is 15.6 Å². The predicted octanol–water partition coefficient (Wildman–Crippen LogP) is 4.32. The van der Waals surface area contributed by atoms with Crippen molar-refractivity contribution in [2.24, 2.45) is 0 Å². The van der Waals surface area contributed by atoms with E-state index in [9.17, 15) is 4.79 Å². The van der Waals surface area contributed by atoms with Crippen LogP contribution in [0.1, 0.15) is 16.8 Å². The van der Waals surface area contributed by atoms with Gasteiger partial charge in [-0.05, 0) is 43.0 Å². The zero-order chi connectivity index (χ0) is 17.6. The maximum atomic E-state index is 12.0. The fraction of sp³-hybridized carbons (Fsp3) is 0.250. The van der Waals surface area contributed by atoms with E-state index in [1.54, 1.807) is 0 Å². The summed E-state index contributed by atoms with van der Waals surface area (Å²) >= 11 is 3.52. The van der Waals surface area contributed by atoms with Gasteiger partial charge in [0.1, 0.15) is 0 Å². The fourth-order valence-corrected chi connectivity index (χ4v) is 3.52. The molecule has 3 rings (SSSR count). The van der Waals surface area contributed by atoms with E-state index >= 15 is 0 Å². The molecule has 0 fully saturated rings. The number of nitrogens with one attached hydrogen (secondary N) is 3. The average Bonchev–Trinajstić information content (AvgIpc) is 2.92. The molecule has 0 atom stereocenters. The number of H-pyrrole nitrogens is 1. The zero-order valence-corrected chi connectivity index (χ0v) is 15.8. The van der Waals surface area contributed by atoms with Crippen LogP contribution in [0.4, 0.5) is 4.79 Å². The number of urea groups is 1. The molecule has 0 saturated heterocycles. The number of fused-ring (bicyclic) bond motifs is 1. The summed E-state index contributed by atoms with van der Waals surface area (Å²) in [6.07, 6.45) is 1.61. The topological polar surface area (TPSA) is 56.9 Å². The Kier molecular flexibility index (Phi) is 5.76. The Hall–Kier alpha value is -2.27. The van der Waals surface area contributed by atoms with E-state index in [4.69, 9.17) is 0 Å². The van der Waals surface area contributed by atoms with Gasteiger partial charge in [-0.3, -0.25) is 0 Å². The van der Waals surface area contributed by atoms with Gasteiger partial charge in [-0.1, -0.05) is 52.3 Å². The second kappa shape index (κ2) is 8.21. The summed E-state index contributed by atoms with van der Waals surface area (Å²) in [4.78, 5) is 15.3. The molecular weight excluding hydrogens is 378 g/mol. The molecule has 0 aliphatic carbocycles. The molecule has 2 aromatic carbocycles. The van der Waals surface area contributed by atoms with Crippen molar-refractivity contribution in [3.05, 3.63) is 69.8 Å². The Morgan fingerprint density at radius 1 is 1.00 bits per heavy atom. The number of hydrogen-bond donors (Lipinski definition) is 3. The Labute approximate surface area is 156 Å². The van der Waals surface area contributed by atoms with Crippen LogP contribution in [-0.2, 0) is 12.8 Å². The highest BCUT2D eigenvalue weighted by molar-refractivity contribution is 9.10. The number of hydrogen-bond acceptors (Lipinski definition) is 1. The molecule has 1 heterocycles. The first-order valence-electron chi connectivity index (χ1n) is 8.46. The van der Waals surface area contributed by atoms with Gasteiger partial charge in [-0.2, -0.15) is 0 Å². The van der Waals surface area contributed by atoms with Crippen molar-refractivity contribution < 1.29 is 4.79 Å². The number of rotatable bonds is 6. The van der Waals surface area contributed by atoms with Gasteiger partial charge in [0.15, 0.2) is 0 Å². The van der Waals surface area contributed by atoms with Crippen molar-refractivity contribution in [1.82, 2.24) is 15.6 Å². The third-order valence-electron chi connectivity index (χ3n) is 4.33. The van der Waals surface area contributed by atoms with Gasteiger partial charge in [0.05, 0.1) is 0 Å². The standard InChI is InChI=1S/C20H22BrN3O/c1-14-16(17-7-3-5-9-19(17)24-14)11-13-23-20(25)22-12-10-15-6-2-4-8-18(15)21/h2-9,24H,10-13H2,1H3,(H2,22,23,25). The van der Waals surface area contributed by atoms with E-state index in [1.807, 2.05) is 30.3 Å². The number of carbonyl (C=O) groups is 1. The number of carbonyl (C=O) groups excluding carboxylic acids is 1. The Morgan fingerprint density at radius 2 is 1.68 bits per heavy atom. The summed E-state index contributed by atoms with van der Waals surface area (Å²) in [5, 5.41) is 7.08. The van der Waals surface area contributed by atoms with E-state index in [0.717, 1.165) is 28.5 Å². The zero-order valence-electron chi connectivity index (χ0n) is 14.2. The summed E-state index contributed by atoms with van der Waals surface area (Å²) in [6.45, 7) is 3.30. The number of aryl methyl sites for hydroxylation is 1. The molecule has 3 N–H and O–H groups in total. The first kappa shape index (κ1) is 17.5. The van der Waals surface area contributed by atoms with Crippen LogP contribution in [0.15, 0.2) is 53.0 Å². The molecule has 0 spiro atoms. The van der Waals surface area contributed by atoms with Gasteiger partial charge in [-0.25, -0.2) is 4.79 Å². The molecule has 0 radical (unpaired) electrons. The van der Waals surface area contributed by atoms with E-state index in [1.165, 1.54) is 16.5 Å². The Bertz CT molecular complexity index is 872. The van der Waals surface area contributed by atoms with Crippen molar-refractivity contribution in [2.75, 3.05) is 13.1 Å². The van der Waals surface area contributed by atoms with Crippen LogP contribution < -0.4 is 10.6 Å². The Balaban J connectivity index is 1.45. The number of para-hydroxylation sites is 1. The van der Waals surface area contributed by atoms with Crippen molar-refractivity contribution in [3.8, 4) is 0 Å². The second-order valence-electron chi connectivity index (χ2n) is 6.05. The molecule has 2 amide bonds. The highest BCUT2D eigenvalue weighted by atomic mass is 79.9. The van der Waals surface area contributed by atoms with E-state index < -0.39 is 0 Å². The van der Waals surface area contributed by atoms with Crippen LogP contribution in [0, 0.1) is 6.92 Å². The van der Waals surface area contributed by atoms with Crippen LogP contribution in [-0.4, -0.2) is 24.1 Å². The minimum atomic E-state index is -0.121. The summed E-state index contributed by atoms with van der Waals surface area (Å²) in [6, 6.07) is 16.2. The highest BCUT2D eigenvalue weighted by Crippen LogP contribution is 2.21. The van der Waals surface area contributed by atoms with Crippen molar-refractivity contribution >= 4 is 32.9 Å². The molecule has 0 unspecified atom stereocenters. The second-order valence-corrected chi connectivity index (χ2v) is 6.90. The molecule has 25 heavy (non-hydrogen) atoms. The molecule has 0 aliphatic rings. The number of aromatic nitrogens is 1. The van der Waals surface area contributed by atoms with Gasteiger partial charge in [0, 0.05) is 34.2 Å². The third kappa shape index (κ3) is 4.42. The summed E-state index contributed by atoms with van der Waals surface area (Å²) in [5.74, 6) is 0. The minimum Gasteiger partial charge on any atom is -0.358 e. The van der Waals surface area contributed by atoms with Crippen LogP contribution in [0.25, 0.3) is 10.9 Å². The molecular formula is C20H22BrN3O. The molecule has 3 aromatic rings. The number of benzene rings is 2. The van der Waals surface area contributed by atoms with Crippen LogP contribution in [0.2, 0.25) is 0 Å². The summed E-state index contributed by atoms with van der Waals surface area (Å²) in [7, 11) is 0. The molecule has 130 valence electrons. The molecule has 5 heteroatoms. The lowest BCUT2D eigenvalue weighted by atomic mass is 10.1. The van der Waals surface area contributed by atoms with Crippen molar-refractivity contribution in [1.29, 1.82) is 0 Å². The average molecular weight is 400 g/mol. The lowest BCUT2D eigenvalue weighted by Crippen LogP contribution is -2.37. The fourth-order valence-electron chi connectivity index (χ4n) is 3.03. The Morgan fingerprint density at radius 3 is 2.48 bits per heavy atom. The van der Waals surface area contributed by atoms with Gasteiger partial charge in [0.25, 0.3) is 0 Å². The van der Waals surface area contributed by atoms with Crippen molar-refractivity contribution in [3.63, 3.8) is 0 Å². The van der Waals surface area contributed by atoms with Gasteiger partial charge in [0.2, 0.25) is 0 Å². The normalized spacial score (nSPS) is 10.8. The largest absolute Gasteiger partial charge is 0.358 e. The number of aromatic amines is 1. The summed E-state index contributed by atoms with van der Waals surface area (Å²) in [5.41, 5.74) is 4.77. The maximum Gasteiger partial charge on any atom is 0.314 e. The highest BCUT2D eigenvalue weighted by Gasteiger charge is 2.08. The smallest absolute Gasteiger partial charge is 0.314 e. The van der Waals surface area contributed by atoms with Gasteiger partial charge in [-0.15, -0.1) is 0 Å². The molecule has 4 nitrogen and oxygen atoms in total. The SMILES string of the molecule is Cc1[nH]c2ccccc2c1CCNC(=O)NCCc1ccccc1Br.